The molecule has 0 saturated carbocycles. The zero-order valence-corrected chi connectivity index (χ0v) is 13.0. The Kier molecular flexibility index (Phi) is 4.74. The van der Waals surface area contributed by atoms with E-state index < -0.39 is 0 Å². The molecular weight excluding hydrogens is 290 g/mol. The molecule has 23 heavy (non-hydrogen) atoms. The Morgan fingerprint density at radius 3 is 2.74 bits per heavy atom. The third-order valence-electron chi connectivity index (χ3n) is 3.74. The fraction of sp³-hybridized carbons (Fsp3) is 0.211. The first kappa shape index (κ1) is 15.3. The minimum Gasteiger partial charge on any atom is -0.486 e. The molecule has 0 saturated heterocycles. The summed E-state index contributed by atoms with van der Waals surface area (Å²) in [5.74, 6) is 0.668. The van der Waals surface area contributed by atoms with Crippen LogP contribution in [0.15, 0.2) is 70.1 Å². The summed E-state index contributed by atoms with van der Waals surface area (Å²) in [7, 11) is 1.92. The van der Waals surface area contributed by atoms with Crippen LogP contribution in [0.3, 0.4) is 0 Å². The van der Waals surface area contributed by atoms with E-state index >= 15 is 0 Å². The molecule has 2 aromatic carbocycles. The maximum Gasteiger partial charge on any atom is 0.192 e. The maximum absolute atomic E-state index is 11.9. The maximum atomic E-state index is 11.9. The molecule has 1 atom stereocenters. The summed E-state index contributed by atoms with van der Waals surface area (Å²) >= 11 is 0. The molecule has 0 aliphatic carbocycles. The molecule has 4 nitrogen and oxygen atoms in total. The Labute approximate surface area is 134 Å². The highest BCUT2D eigenvalue weighted by molar-refractivity contribution is 5.77. The van der Waals surface area contributed by atoms with Crippen molar-refractivity contribution < 1.29 is 9.15 Å². The van der Waals surface area contributed by atoms with Crippen LogP contribution in [0.1, 0.15) is 18.1 Å². The van der Waals surface area contributed by atoms with Crippen molar-refractivity contribution in [1.82, 2.24) is 5.32 Å². The van der Waals surface area contributed by atoms with Crippen molar-refractivity contribution in [3.8, 4) is 5.75 Å². The van der Waals surface area contributed by atoms with Gasteiger partial charge in [-0.3, -0.25) is 4.79 Å². The third kappa shape index (κ3) is 3.60. The molecule has 3 aromatic rings. The summed E-state index contributed by atoms with van der Waals surface area (Å²) in [5, 5.41) is 3.68. The highest BCUT2D eigenvalue weighted by Crippen LogP contribution is 2.26. The lowest BCUT2D eigenvalue weighted by atomic mass is 10.1. The van der Waals surface area contributed by atoms with Gasteiger partial charge in [-0.1, -0.05) is 30.3 Å². The molecule has 0 aliphatic heterocycles. The van der Waals surface area contributed by atoms with Gasteiger partial charge in [-0.25, -0.2) is 0 Å². The van der Waals surface area contributed by atoms with Crippen LogP contribution in [0, 0.1) is 0 Å². The number of ether oxygens (including phenoxy) is 1. The van der Waals surface area contributed by atoms with Crippen molar-refractivity contribution in [2.24, 2.45) is 0 Å². The lowest BCUT2D eigenvalue weighted by Gasteiger charge is -2.19. The molecule has 0 amide bonds. The van der Waals surface area contributed by atoms with Crippen LogP contribution in [0.25, 0.3) is 11.0 Å². The summed E-state index contributed by atoms with van der Waals surface area (Å²) in [4.78, 5) is 11.9. The molecule has 0 aliphatic rings. The second kappa shape index (κ2) is 7.11. The van der Waals surface area contributed by atoms with Gasteiger partial charge < -0.3 is 14.5 Å². The predicted octanol–water partition coefficient (Wildman–Crippen LogP) is 3.52. The van der Waals surface area contributed by atoms with Crippen LogP contribution < -0.4 is 15.5 Å². The van der Waals surface area contributed by atoms with Crippen LogP contribution in [0.5, 0.6) is 5.75 Å². The molecule has 0 fully saturated rings. The normalized spacial score (nSPS) is 12.2. The molecule has 1 aromatic heterocycles. The Balaban J connectivity index is 1.90. The van der Waals surface area contributed by atoms with Gasteiger partial charge in [0.15, 0.2) is 5.43 Å². The quantitative estimate of drug-likeness (QED) is 0.757. The molecule has 4 heteroatoms. The van der Waals surface area contributed by atoms with Gasteiger partial charge in [0.05, 0.1) is 11.6 Å². The zero-order valence-electron chi connectivity index (χ0n) is 13.0. The van der Waals surface area contributed by atoms with Crippen LogP contribution in [0.2, 0.25) is 0 Å². The number of hydrogen-bond acceptors (Lipinski definition) is 4. The van der Waals surface area contributed by atoms with Crippen molar-refractivity contribution in [2.75, 3.05) is 13.6 Å². The van der Waals surface area contributed by atoms with Gasteiger partial charge in [-0.05, 0) is 37.4 Å². The lowest BCUT2D eigenvalue weighted by Crippen LogP contribution is -2.16. The summed E-state index contributed by atoms with van der Waals surface area (Å²) in [6, 6.07) is 16.9. The minimum absolute atomic E-state index is 0.0665. The fourth-order valence-electron chi connectivity index (χ4n) is 2.54. The second-order valence-electron chi connectivity index (χ2n) is 5.35. The van der Waals surface area contributed by atoms with Crippen molar-refractivity contribution in [3.05, 3.63) is 76.6 Å². The van der Waals surface area contributed by atoms with Crippen LogP contribution >= 0.6 is 0 Å². The largest absolute Gasteiger partial charge is 0.486 e. The number of rotatable bonds is 6. The van der Waals surface area contributed by atoms with E-state index in [1.807, 2.05) is 31.3 Å². The van der Waals surface area contributed by atoms with Crippen molar-refractivity contribution in [1.29, 1.82) is 0 Å². The van der Waals surface area contributed by atoms with Crippen LogP contribution in [0.4, 0.5) is 0 Å². The van der Waals surface area contributed by atoms with Crippen molar-refractivity contribution in [3.63, 3.8) is 0 Å². The van der Waals surface area contributed by atoms with E-state index in [-0.39, 0.29) is 11.5 Å². The number of nitrogens with one attached hydrogen (secondary N) is 1. The summed E-state index contributed by atoms with van der Waals surface area (Å²) < 4.78 is 11.5. The molecule has 0 radical (unpaired) electrons. The first-order valence-electron chi connectivity index (χ1n) is 7.65. The van der Waals surface area contributed by atoms with E-state index in [2.05, 4.69) is 17.4 Å². The van der Waals surface area contributed by atoms with Gasteiger partial charge in [0.2, 0.25) is 0 Å². The minimum atomic E-state index is -0.0724. The monoisotopic (exact) mass is 309 g/mol. The molecule has 0 bridgehead atoms. The van der Waals surface area contributed by atoms with E-state index in [0.717, 1.165) is 18.5 Å². The molecule has 118 valence electrons. The van der Waals surface area contributed by atoms with Gasteiger partial charge >= 0.3 is 0 Å². The van der Waals surface area contributed by atoms with Gasteiger partial charge in [0, 0.05) is 12.5 Å². The van der Waals surface area contributed by atoms with E-state index in [1.54, 1.807) is 12.1 Å². The van der Waals surface area contributed by atoms with Gasteiger partial charge in [-0.15, -0.1) is 0 Å². The van der Waals surface area contributed by atoms with Gasteiger partial charge in [0.1, 0.15) is 17.4 Å². The topological polar surface area (TPSA) is 51.5 Å². The van der Waals surface area contributed by atoms with Crippen molar-refractivity contribution in [2.45, 2.75) is 12.5 Å². The zero-order chi connectivity index (χ0) is 16.1. The lowest BCUT2D eigenvalue weighted by molar-refractivity contribution is 0.195. The highest BCUT2D eigenvalue weighted by Gasteiger charge is 2.13. The van der Waals surface area contributed by atoms with E-state index in [4.69, 9.17) is 9.15 Å². The smallest absolute Gasteiger partial charge is 0.192 e. The number of hydrogen-bond donors (Lipinski definition) is 1. The molecule has 1 heterocycles. The fourth-order valence-corrected chi connectivity index (χ4v) is 2.54. The molecule has 1 unspecified atom stereocenters. The third-order valence-corrected chi connectivity index (χ3v) is 3.74. The number of fused-ring (bicyclic) bond motifs is 1. The van der Waals surface area contributed by atoms with E-state index in [0.29, 0.717) is 16.7 Å². The first-order chi connectivity index (χ1) is 11.3. The Morgan fingerprint density at radius 1 is 1.13 bits per heavy atom. The van der Waals surface area contributed by atoms with Crippen LogP contribution in [-0.4, -0.2) is 13.6 Å². The highest BCUT2D eigenvalue weighted by atomic mass is 16.5. The summed E-state index contributed by atoms with van der Waals surface area (Å²) in [5.41, 5.74) is 1.61. The Morgan fingerprint density at radius 2 is 1.96 bits per heavy atom. The average molecular weight is 309 g/mol. The van der Waals surface area contributed by atoms with Crippen LogP contribution in [-0.2, 0) is 0 Å². The molecule has 3 rings (SSSR count). The average Bonchev–Trinajstić information content (AvgIpc) is 2.60. The molecule has 1 N–H and O–H groups in total. The van der Waals surface area contributed by atoms with E-state index in [1.165, 1.54) is 12.3 Å². The number of benzene rings is 2. The van der Waals surface area contributed by atoms with Gasteiger partial charge in [0.25, 0.3) is 0 Å². The van der Waals surface area contributed by atoms with Gasteiger partial charge in [-0.2, -0.15) is 0 Å². The molecular formula is C19H19NO3. The first-order valence-corrected chi connectivity index (χ1v) is 7.65. The second-order valence-corrected chi connectivity index (χ2v) is 5.35. The predicted molar refractivity (Wildman–Crippen MR) is 90.8 cm³/mol. The summed E-state index contributed by atoms with van der Waals surface area (Å²) in [6.45, 7) is 0.843. The van der Waals surface area contributed by atoms with E-state index in [9.17, 15) is 4.79 Å². The standard InChI is InChI=1S/C19H19NO3/c1-20-11-9-18(14-5-3-2-4-6-14)23-15-7-8-19-16(13-15)17(21)10-12-22-19/h2-8,10,12-13,18,20H,9,11H2,1H3. The molecule has 0 spiro atoms. The SMILES string of the molecule is CNCCC(Oc1ccc2occc(=O)c2c1)c1ccccc1. The summed E-state index contributed by atoms with van der Waals surface area (Å²) in [6.07, 6.45) is 2.17. The van der Waals surface area contributed by atoms with Crippen molar-refractivity contribution >= 4 is 11.0 Å². The Hall–Kier alpha value is -2.59. The Bertz CT molecular complexity index is 827.